The first kappa shape index (κ1) is 21.7. The van der Waals surface area contributed by atoms with Gasteiger partial charge in [0.2, 0.25) is 5.43 Å². The maximum absolute atomic E-state index is 13.3. The van der Waals surface area contributed by atoms with Gasteiger partial charge < -0.3 is 4.90 Å². The molecule has 1 saturated heterocycles. The molecule has 32 heavy (non-hydrogen) atoms. The predicted octanol–water partition coefficient (Wildman–Crippen LogP) is 4.76. The van der Waals surface area contributed by atoms with Crippen LogP contribution in [0.15, 0.2) is 65.6 Å². The molecule has 1 aromatic heterocycles. The van der Waals surface area contributed by atoms with Gasteiger partial charge in [-0.05, 0) is 61.2 Å². The highest BCUT2D eigenvalue weighted by Gasteiger charge is 2.34. The maximum Gasteiger partial charge on any atom is 0.416 e. The lowest BCUT2D eigenvalue weighted by Crippen LogP contribution is -2.41. The third-order valence-electron chi connectivity index (χ3n) is 5.46. The van der Waals surface area contributed by atoms with Gasteiger partial charge in [0, 0.05) is 18.8 Å². The molecule has 0 N–H and O–H groups in total. The fraction of sp³-hybridized carbons (Fsp3) is 0.261. The molecule has 4 rings (SSSR count). The first-order valence-corrected chi connectivity index (χ1v) is 10.1. The fourth-order valence-corrected chi connectivity index (χ4v) is 3.87. The predicted molar refractivity (Wildman–Crippen MR) is 109 cm³/mol. The molecule has 1 aliphatic heterocycles. The Morgan fingerprint density at radius 1 is 1.03 bits per heavy atom. The molecule has 0 aliphatic carbocycles. The highest BCUT2D eigenvalue weighted by Crippen LogP contribution is 2.35. The van der Waals surface area contributed by atoms with E-state index in [-0.39, 0.29) is 5.69 Å². The first-order chi connectivity index (χ1) is 15.2. The molecule has 0 radical (unpaired) electrons. The quantitative estimate of drug-likeness (QED) is 0.547. The third kappa shape index (κ3) is 4.42. The van der Waals surface area contributed by atoms with Gasteiger partial charge >= 0.3 is 6.18 Å². The number of alkyl halides is 3. The van der Waals surface area contributed by atoms with E-state index in [2.05, 4.69) is 5.10 Å². The second-order valence-electron chi connectivity index (χ2n) is 7.58. The number of carbonyl (C=O) groups excluding carboxylic acids is 1. The Labute approximate surface area is 180 Å². The van der Waals surface area contributed by atoms with Crippen LogP contribution in [0.3, 0.4) is 0 Å². The summed E-state index contributed by atoms with van der Waals surface area (Å²) < 4.78 is 54.0. The molecule has 0 spiro atoms. The summed E-state index contributed by atoms with van der Waals surface area (Å²) in [6, 6.07) is 10.9. The second-order valence-corrected chi connectivity index (χ2v) is 7.58. The van der Waals surface area contributed by atoms with E-state index >= 15 is 0 Å². The lowest BCUT2D eigenvalue weighted by atomic mass is 9.93. The Bertz CT molecular complexity index is 1190. The normalized spacial score (nSPS) is 16.8. The van der Waals surface area contributed by atoms with Crippen molar-refractivity contribution in [3.8, 4) is 5.69 Å². The number of hydrogen-bond donors (Lipinski definition) is 0. The maximum atomic E-state index is 13.3. The van der Waals surface area contributed by atoms with Gasteiger partial charge in [0.25, 0.3) is 5.91 Å². The van der Waals surface area contributed by atoms with Crippen LogP contribution in [0.4, 0.5) is 17.6 Å². The number of likely N-dealkylation sites (tertiary alicyclic amines) is 1. The molecule has 1 fully saturated rings. The summed E-state index contributed by atoms with van der Waals surface area (Å²) in [5.74, 6) is -1.09. The monoisotopic (exact) mass is 445 g/mol. The number of hydrogen-bond acceptors (Lipinski definition) is 3. The van der Waals surface area contributed by atoms with E-state index in [9.17, 15) is 27.2 Å². The van der Waals surface area contributed by atoms with Crippen LogP contribution < -0.4 is 5.43 Å². The van der Waals surface area contributed by atoms with E-state index < -0.39 is 34.9 Å². The first-order valence-electron chi connectivity index (χ1n) is 10.1. The number of aromatic nitrogens is 2. The van der Waals surface area contributed by atoms with Crippen molar-refractivity contribution in [1.82, 2.24) is 14.7 Å². The molecule has 9 heteroatoms. The highest BCUT2D eigenvalue weighted by molar-refractivity contribution is 5.92. The summed E-state index contributed by atoms with van der Waals surface area (Å²) in [7, 11) is 0. The number of carbonyl (C=O) groups is 1. The summed E-state index contributed by atoms with van der Waals surface area (Å²) >= 11 is 0. The molecule has 3 aromatic rings. The third-order valence-corrected chi connectivity index (χ3v) is 5.46. The van der Waals surface area contributed by atoms with Crippen molar-refractivity contribution in [1.29, 1.82) is 0 Å². The molecular weight excluding hydrogens is 426 g/mol. The van der Waals surface area contributed by atoms with Crippen LogP contribution in [-0.4, -0.2) is 27.1 Å². The van der Waals surface area contributed by atoms with Gasteiger partial charge in [0.05, 0.1) is 17.3 Å². The van der Waals surface area contributed by atoms with Crippen molar-refractivity contribution in [3.63, 3.8) is 0 Å². The molecule has 5 nitrogen and oxygen atoms in total. The van der Waals surface area contributed by atoms with Crippen LogP contribution in [0.5, 0.6) is 0 Å². The largest absolute Gasteiger partial charge is 0.416 e. The average molecular weight is 445 g/mol. The Hall–Kier alpha value is -3.49. The van der Waals surface area contributed by atoms with Gasteiger partial charge in [0.1, 0.15) is 5.82 Å². The summed E-state index contributed by atoms with van der Waals surface area (Å²) in [4.78, 5) is 27.1. The summed E-state index contributed by atoms with van der Waals surface area (Å²) in [5, 5.41) is 4.14. The second kappa shape index (κ2) is 8.57. The van der Waals surface area contributed by atoms with Crippen molar-refractivity contribution in [3.05, 3.63) is 93.7 Å². The SMILES string of the molecule is O=C(c1nn(-c2ccc(F)cc2)ccc1=O)N1CCCCC1c1cccc(C(F)(F)F)c1. The van der Waals surface area contributed by atoms with Crippen LogP contribution >= 0.6 is 0 Å². The zero-order chi connectivity index (χ0) is 22.9. The summed E-state index contributed by atoms with van der Waals surface area (Å²) in [6.45, 7) is 0.298. The van der Waals surface area contributed by atoms with E-state index in [1.54, 1.807) is 6.07 Å². The zero-order valence-corrected chi connectivity index (χ0v) is 16.8. The minimum Gasteiger partial charge on any atom is -0.330 e. The van der Waals surface area contributed by atoms with Gasteiger partial charge in [-0.25, -0.2) is 9.07 Å². The summed E-state index contributed by atoms with van der Waals surface area (Å²) in [6.07, 6.45) is -1.24. The molecule has 166 valence electrons. The van der Waals surface area contributed by atoms with Gasteiger partial charge in [-0.1, -0.05) is 12.1 Å². The molecule has 1 aliphatic rings. The Balaban J connectivity index is 1.69. The Morgan fingerprint density at radius 3 is 2.50 bits per heavy atom. The minimum absolute atomic E-state index is 0.298. The highest BCUT2D eigenvalue weighted by atomic mass is 19.4. The van der Waals surface area contributed by atoms with E-state index in [4.69, 9.17) is 0 Å². The molecule has 0 bridgehead atoms. The number of piperidine rings is 1. The fourth-order valence-electron chi connectivity index (χ4n) is 3.87. The lowest BCUT2D eigenvalue weighted by Gasteiger charge is -2.36. The molecule has 2 aromatic carbocycles. The van der Waals surface area contributed by atoms with Crippen LogP contribution in [0.1, 0.15) is 46.9 Å². The topological polar surface area (TPSA) is 55.2 Å². The van der Waals surface area contributed by atoms with Gasteiger partial charge in [-0.15, -0.1) is 0 Å². The average Bonchev–Trinajstić information content (AvgIpc) is 2.79. The zero-order valence-electron chi connectivity index (χ0n) is 16.8. The molecule has 1 atom stereocenters. The van der Waals surface area contributed by atoms with E-state index in [1.807, 2.05) is 0 Å². The van der Waals surface area contributed by atoms with Crippen molar-refractivity contribution >= 4 is 5.91 Å². The van der Waals surface area contributed by atoms with Crippen molar-refractivity contribution in [2.75, 3.05) is 6.54 Å². The van der Waals surface area contributed by atoms with Crippen molar-refractivity contribution in [2.24, 2.45) is 0 Å². The van der Waals surface area contributed by atoms with Crippen LogP contribution in [-0.2, 0) is 6.18 Å². The van der Waals surface area contributed by atoms with Gasteiger partial charge in [0.15, 0.2) is 5.69 Å². The van der Waals surface area contributed by atoms with Crippen molar-refractivity contribution < 1.29 is 22.4 Å². The van der Waals surface area contributed by atoms with Crippen LogP contribution in [0.25, 0.3) is 5.69 Å². The molecule has 1 amide bonds. The number of benzene rings is 2. The Kier molecular flexibility index (Phi) is 5.82. The van der Waals surface area contributed by atoms with E-state index in [1.165, 1.54) is 52.2 Å². The Morgan fingerprint density at radius 2 is 1.78 bits per heavy atom. The smallest absolute Gasteiger partial charge is 0.330 e. The molecule has 2 heterocycles. The molecular formula is C23H19F4N3O2. The number of halogens is 4. The van der Waals surface area contributed by atoms with Gasteiger partial charge in [-0.2, -0.15) is 18.3 Å². The number of amides is 1. The molecule has 0 saturated carbocycles. The standard InChI is InChI=1S/C23H19F4N3O2/c24-17-7-9-18(10-8-17)30-13-11-20(31)21(28-30)22(32)29-12-2-1-6-19(29)15-4-3-5-16(14-15)23(25,26)27/h3-5,7-11,13-14,19H,1-2,6,12H2. The van der Waals surface area contributed by atoms with Gasteiger partial charge in [-0.3, -0.25) is 9.59 Å². The number of nitrogens with zero attached hydrogens (tertiary/aromatic N) is 3. The summed E-state index contributed by atoms with van der Waals surface area (Å²) in [5.41, 5.74) is -0.905. The van der Waals surface area contributed by atoms with E-state index in [0.29, 0.717) is 30.6 Å². The van der Waals surface area contributed by atoms with Crippen LogP contribution in [0, 0.1) is 5.82 Å². The van der Waals surface area contributed by atoms with E-state index in [0.717, 1.165) is 18.6 Å². The van der Waals surface area contributed by atoms with Crippen molar-refractivity contribution in [2.45, 2.75) is 31.5 Å². The minimum atomic E-state index is -4.50. The number of rotatable bonds is 3. The lowest BCUT2D eigenvalue weighted by molar-refractivity contribution is -0.137. The van der Waals surface area contributed by atoms with Crippen LogP contribution in [0.2, 0.25) is 0 Å². The molecule has 1 unspecified atom stereocenters.